The summed E-state index contributed by atoms with van der Waals surface area (Å²) in [4.78, 5) is 17.3. The molecule has 2 N–H and O–H groups in total. The number of hydrogen-bond donors (Lipinski definition) is 2. The van der Waals surface area contributed by atoms with E-state index in [0.717, 1.165) is 32.7 Å². The van der Waals surface area contributed by atoms with E-state index in [1.165, 1.54) is 10.3 Å². The van der Waals surface area contributed by atoms with Gasteiger partial charge in [0.1, 0.15) is 10.8 Å². The first-order chi connectivity index (χ1) is 15.9. The fraction of sp³-hybridized carbons (Fsp3) is 0.160. The second-order valence-corrected chi connectivity index (χ2v) is 9.76. The fourth-order valence-corrected chi connectivity index (χ4v) is 4.93. The highest BCUT2D eigenvalue weighted by Gasteiger charge is 2.12. The van der Waals surface area contributed by atoms with Gasteiger partial charge in [-0.1, -0.05) is 13.0 Å². The van der Waals surface area contributed by atoms with Crippen molar-refractivity contribution in [1.82, 2.24) is 10.3 Å². The number of halogens is 1. The summed E-state index contributed by atoms with van der Waals surface area (Å²) in [6.45, 7) is 4.74. The van der Waals surface area contributed by atoms with Crippen molar-refractivity contribution in [2.45, 2.75) is 20.3 Å². The van der Waals surface area contributed by atoms with E-state index in [0.29, 0.717) is 17.9 Å². The summed E-state index contributed by atoms with van der Waals surface area (Å²) in [5.41, 5.74) is 4.52. The van der Waals surface area contributed by atoms with Gasteiger partial charge in [-0.3, -0.25) is 10.1 Å². The lowest BCUT2D eigenvalue weighted by molar-refractivity contribution is 0.0977. The molecule has 168 valence electrons. The average Bonchev–Trinajstić information content (AvgIpc) is 3.21. The molecule has 0 aliphatic heterocycles. The molecular weight excluding hydrogens is 518 g/mol. The highest BCUT2D eigenvalue weighted by molar-refractivity contribution is 9.10. The first-order valence-electron chi connectivity index (χ1n) is 10.5. The summed E-state index contributed by atoms with van der Waals surface area (Å²) >= 11 is 10.4. The minimum atomic E-state index is -0.295. The Morgan fingerprint density at radius 3 is 2.64 bits per heavy atom. The average molecular weight is 541 g/mol. The predicted octanol–water partition coefficient (Wildman–Crippen LogP) is 6.95. The number of amides is 1. The number of aryl methyl sites for hydroxylation is 1. The number of carbonyl (C=O) groups is 1. The van der Waals surface area contributed by atoms with Crippen molar-refractivity contribution in [2.24, 2.45) is 0 Å². The number of ether oxygens (including phenoxy) is 1. The fourth-order valence-electron chi connectivity index (χ4n) is 3.16. The smallest absolute Gasteiger partial charge is 0.257 e. The summed E-state index contributed by atoms with van der Waals surface area (Å²) in [5.74, 6) is 0.411. The Balaban J connectivity index is 1.38. The largest absolute Gasteiger partial charge is 0.492 e. The number of anilines is 1. The zero-order chi connectivity index (χ0) is 23.4. The highest BCUT2D eigenvalue weighted by Crippen LogP contribution is 2.31. The quantitative estimate of drug-likeness (QED) is 0.259. The van der Waals surface area contributed by atoms with Crippen LogP contribution in [0.1, 0.15) is 29.3 Å². The molecule has 8 heteroatoms. The van der Waals surface area contributed by atoms with E-state index >= 15 is 0 Å². The molecule has 0 atom stereocenters. The number of aromatic nitrogens is 1. The SMILES string of the molecule is CCCOc1ccc(C(=O)NC(=S)Nc2ccc(-c3nc4ccc(C)cc4s3)cc2)cc1Br. The molecule has 1 heterocycles. The van der Waals surface area contributed by atoms with Gasteiger partial charge < -0.3 is 10.1 Å². The molecular formula is C25H22BrN3O2S2. The van der Waals surface area contributed by atoms with Crippen molar-refractivity contribution in [2.75, 3.05) is 11.9 Å². The van der Waals surface area contributed by atoms with Gasteiger partial charge >= 0.3 is 0 Å². The summed E-state index contributed by atoms with van der Waals surface area (Å²) in [5, 5.41) is 6.96. The molecule has 0 fully saturated rings. The highest BCUT2D eigenvalue weighted by atomic mass is 79.9. The van der Waals surface area contributed by atoms with Crippen LogP contribution in [0.5, 0.6) is 5.75 Å². The van der Waals surface area contributed by atoms with Crippen molar-refractivity contribution in [3.8, 4) is 16.3 Å². The van der Waals surface area contributed by atoms with Gasteiger partial charge in [-0.15, -0.1) is 11.3 Å². The van der Waals surface area contributed by atoms with E-state index in [1.54, 1.807) is 29.5 Å². The van der Waals surface area contributed by atoms with Crippen LogP contribution >= 0.6 is 39.5 Å². The third kappa shape index (κ3) is 5.76. The maximum atomic E-state index is 12.6. The normalized spacial score (nSPS) is 10.8. The van der Waals surface area contributed by atoms with E-state index in [2.05, 4.69) is 45.6 Å². The van der Waals surface area contributed by atoms with Crippen LogP contribution in [0.2, 0.25) is 0 Å². The Labute approximate surface area is 210 Å². The molecule has 0 saturated carbocycles. The van der Waals surface area contributed by atoms with E-state index in [-0.39, 0.29) is 11.0 Å². The van der Waals surface area contributed by atoms with Crippen molar-refractivity contribution in [1.29, 1.82) is 0 Å². The topological polar surface area (TPSA) is 63.2 Å². The molecule has 3 aromatic carbocycles. The van der Waals surface area contributed by atoms with Gasteiger partial charge in [0.15, 0.2) is 5.11 Å². The number of nitrogens with one attached hydrogen (secondary N) is 2. The maximum absolute atomic E-state index is 12.6. The minimum absolute atomic E-state index is 0.227. The Morgan fingerprint density at radius 1 is 1.12 bits per heavy atom. The van der Waals surface area contributed by atoms with Crippen LogP contribution in [-0.2, 0) is 0 Å². The molecule has 0 unspecified atom stereocenters. The Kier molecular flexibility index (Phi) is 7.37. The number of fused-ring (bicyclic) bond motifs is 1. The number of nitrogens with zero attached hydrogens (tertiary/aromatic N) is 1. The number of rotatable bonds is 6. The van der Waals surface area contributed by atoms with Crippen LogP contribution in [0, 0.1) is 6.92 Å². The van der Waals surface area contributed by atoms with E-state index < -0.39 is 0 Å². The van der Waals surface area contributed by atoms with Crippen LogP contribution in [-0.4, -0.2) is 22.6 Å². The van der Waals surface area contributed by atoms with E-state index in [9.17, 15) is 4.79 Å². The minimum Gasteiger partial charge on any atom is -0.492 e. The Morgan fingerprint density at radius 2 is 1.91 bits per heavy atom. The lowest BCUT2D eigenvalue weighted by atomic mass is 10.2. The number of carbonyl (C=O) groups excluding carboxylic acids is 1. The Hall–Kier alpha value is -2.81. The molecule has 0 radical (unpaired) electrons. The van der Waals surface area contributed by atoms with Crippen molar-refractivity contribution < 1.29 is 9.53 Å². The third-order valence-corrected chi connectivity index (χ3v) is 6.71. The van der Waals surface area contributed by atoms with Crippen molar-refractivity contribution in [3.05, 3.63) is 76.3 Å². The maximum Gasteiger partial charge on any atom is 0.257 e. The standard InChI is InChI=1S/C25H22BrN3O2S2/c1-3-12-31-21-11-7-17(14-19(21)26)23(30)29-25(32)27-18-8-5-16(6-9-18)24-28-20-10-4-15(2)13-22(20)33-24/h4-11,13-14H,3,12H2,1-2H3,(H2,27,29,30,32). The summed E-state index contributed by atoms with van der Waals surface area (Å²) in [6, 6.07) is 19.3. The molecule has 1 amide bonds. The van der Waals surface area contributed by atoms with E-state index in [4.69, 9.17) is 21.9 Å². The molecule has 0 spiro atoms. The van der Waals surface area contributed by atoms with Gasteiger partial charge in [-0.05, 0) is 102 Å². The summed E-state index contributed by atoms with van der Waals surface area (Å²) < 4.78 is 7.52. The second-order valence-electron chi connectivity index (χ2n) is 7.47. The van der Waals surface area contributed by atoms with E-state index in [1.807, 2.05) is 37.3 Å². The van der Waals surface area contributed by atoms with Crippen LogP contribution in [0.15, 0.2) is 65.1 Å². The van der Waals surface area contributed by atoms with Gasteiger partial charge in [0.05, 0.1) is 21.3 Å². The zero-order valence-electron chi connectivity index (χ0n) is 18.1. The molecule has 4 rings (SSSR count). The third-order valence-electron chi connectivity index (χ3n) is 4.82. The molecule has 0 aliphatic rings. The summed E-state index contributed by atoms with van der Waals surface area (Å²) in [7, 11) is 0. The van der Waals surface area contributed by atoms with Gasteiger partial charge in [-0.25, -0.2) is 4.98 Å². The number of thiocarbonyl (C=S) groups is 1. The molecule has 33 heavy (non-hydrogen) atoms. The molecule has 0 bridgehead atoms. The molecule has 0 aliphatic carbocycles. The monoisotopic (exact) mass is 539 g/mol. The first kappa shape index (κ1) is 23.4. The van der Waals surface area contributed by atoms with Gasteiger partial charge in [0, 0.05) is 16.8 Å². The first-order valence-corrected chi connectivity index (χ1v) is 12.5. The molecule has 1 aromatic heterocycles. The zero-order valence-corrected chi connectivity index (χ0v) is 21.4. The van der Waals surface area contributed by atoms with Crippen LogP contribution in [0.4, 0.5) is 5.69 Å². The number of thiazole rings is 1. The molecule has 5 nitrogen and oxygen atoms in total. The number of benzene rings is 3. The number of hydrogen-bond acceptors (Lipinski definition) is 5. The van der Waals surface area contributed by atoms with Gasteiger partial charge in [-0.2, -0.15) is 0 Å². The van der Waals surface area contributed by atoms with Crippen molar-refractivity contribution in [3.63, 3.8) is 0 Å². The Bertz CT molecular complexity index is 1320. The lowest BCUT2D eigenvalue weighted by Gasteiger charge is -2.11. The van der Waals surface area contributed by atoms with Crippen LogP contribution in [0.3, 0.4) is 0 Å². The van der Waals surface area contributed by atoms with Gasteiger partial charge in [0.25, 0.3) is 5.91 Å². The molecule has 4 aromatic rings. The molecule has 0 saturated heterocycles. The second kappa shape index (κ2) is 10.4. The summed E-state index contributed by atoms with van der Waals surface area (Å²) in [6.07, 6.45) is 0.913. The van der Waals surface area contributed by atoms with Crippen molar-refractivity contribution >= 4 is 66.4 Å². The van der Waals surface area contributed by atoms with Gasteiger partial charge in [0.2, 0.25) is 0 Å². The predicted molar refractivity (Wildman–Crippen MR) is 143 cm³/mol. The lowest BCUT2D eigenvalue weighted by Crippen LogP contribution is -2.34. The van der Waals surface area contributed by atoms with Crippen LogP contribution in [0.25, 0.3) is 20.8 Å². The van der Waals surface area contributed by atoms with Crippen LogP contribution < -0.4 is 15.4 Å².